The summed E-state index contributed by atoms with van der Waals surface area (Å²) in [6.07, 6.45) is 3.05. The van der Waals surface area contributed by atoms with E-state index in [1.807, 2.05) is 36.4 Å². The molecule has 0 spiro atoms. The second-order valence-electron chi connectivity index (χ2n) is 6.90. The Balaban J connectivity index is 1.63. The lowest BCUT2D eigenvalue weighted by atomic mass is 10.1. The van der Waals surface area contributed by atoms with Crippen LogP contribution < -0.4 is 5.32 Å². The number of phenols is 1. The maximum Gasteiger partial charge on any atom is 0.256 e. The predicted molar refractivity (Wildman–Crippen MR) is 117 cm³/mol. The normalized spacial score (nSPS) is 10.5. The number of anilines is 1. The van der Waals surface area contributed by atoms with Gasteiger partial charge in [0.2, 0.25) is 0 Å². The molecule has 3 aromatic carbocycles. The Morgan fingerprint density at radius 3 is 2.20 bits per heavy atom. The Bertz CT molecular complexity index is 1130. The fourth-order valence-corrected chi connectivity index (χ4v) is 3.15. The van der Waals surface area contributed by atoms with Crippen LogP contribution in [0.4, 0.5) is 5.82 Å². The lowest BCUT2D eigenvalue weighted by molar-refractivity contribution is 0.102. The highest BCUT2D eigenvalue weighted by molar-refractivity contribution is 6.04. The van der Waals surface area contributed by atoms with Crippen molar-refractivity contribution in [3.8, 4) is 17.0 Å². The Morgan fingerprint density at radius 2 is 1.50 bits per heavy atom. The van der Waals surface area contributed by atoms with Gasteiger partial charge in [-0.2, -0.15) is 0 Å². The van der Waals surface area contributed by atoms with Crippen LogP contribution in [0, 0.1) is 0 Å². The van der Waals surface area contributed by atoms with E-state index in [9.17, 15) is 9.90 Å². The number of aryl methyl sites for hydroxylation is 2. The van der Waals surface area contributed by atoms with Crippen molar-refractivity contribution in [1.82, 2.24) is 9.97 Å². The number of phenolic OH excluding ortho intramolecular Hbond substituents is 1. The zero-order valence-corrected chi connectivity index (χ0v) is 16.3. The topological polar surface area (TPSA) is 75.1 Å². The van der Waals surface area contributed by atoms with Crippen molar-refractivity contribution in [2.75, 3.05) is 5.32 Å². The summed E-state index contributed by atoms with van der Waals surface area (Å²) < 4.78 is 0. The average Bonchev–Trinajstić information content (AvgIpc) is 2.80. The van der Waals surface area contributed by atoms with Crippen molar-refractivity contribution < 1.29 is 9.90 Å². The van der Waals surface area contributed by atoms with E-state index in [4.69, 9.17) is 4.98 Å². The molecule has 0 saturated heterocycles. The number of carbonyl (C=O) groups is 1. The summed E-state index contributed by atoms with van der Waals surface area (Å²) in [6, 6.07) is 26.0. The summed E-state index contributed by atoms with van der Waals surface area (Å²) in [7, 11) is 0. The van der Waals surface area contributed by atoms with E-state index in [1.54, 1.807) is 42.6 Å². The molecule has 4 rings (SSSR count). The first-order valence-corrected chi connectivity index (χ1v) is 9.75. The van der Waals surface area contributed by atoms with Crippen LogP contribution in [0.25, 0.3) is 11.3 Å². The third-order valence-corrected chi connectivity index (χ3v) is 4.77. The maximum atomic E-state index is 12.6. The van der Waals surface area contributed by atoms with Gasteiger partial charge < -0.3 is 10.4 Å². The largest absolute Gasteiger partial charge is 0.508 e. The number of aromatic hydroxyl groups is 1. The highest BCUT2D eigenvalue weighted by Gasteiger charge is 2.13. The molecule has 0 unspecified atom stereocenters. The van der Waals surface area contributed by atoms with E-state index in [1.165, 1.54) is 5.56 Å². The van der Waals surface area contributed by atoms with Crippen LogP contribution in [0.3, 0.4) is 0 Å². The molecule has 0 aliphatic carbocycles. The summed E-state index contributed by atoms with van der Waals surface area (Å²) >= 11 is 0. The number of rotatable bonds is 6. The minimum Gasteiger partial charge on any atom is -0.508 e. The van der Waals surface area contributed by atoms with Crippen LogP contribution in [-0.2, 0) is 12.8 Å². The number of hydrogen-bond donors (Lipinski definition) is 2. The van der Waals surface area contributed by atoms with Crippen molar-refractivity contribution in [2.24, 2.45) is 0 Å². The standard InChI is InChI=1S/C25H21N3O2/c29-21-14-12-19(13-15-21)23-17-26-24(28-25(30)20-9-5-2-6-10-20)22(27-23)16-11-18-7-3-1-4-8-18/h1-10,12-15,17,29H,11,16H2,(H,26,28,30). The third-order valence-electron chi connectivity index (χ3n) is 4.77. The van der Waals surface area contributed by atoms with Gasteiger partial charge in [0, 0.05) is 11.1 Å². The first-order valence-electron chi connectivity index (χ1n) is 9.75. The van der Waals surface area contributed by atoms with E-state index < -0.39 is 0 Å². The lowest BCUT2D eigenvalue weighted by Crippen LogP contribution is -2.15. The third kappa shape index (κ3) is 4.70. The minimum atomic E-state index is -0.219. The predicted octanol–water partition coefficient (Wildman–Crippen LogP) is 4.89. The molecule has 4 aromatic rings. The summed E-state index contributed by atoms with van der Waals surface area (Å²) in [5.74, 6) is 0.438. The van der Waals surface area contributed by atoms with Crippen molar-refractivity contribution in [3.05, 3.63) is 108 Å². The van der Waals surface area contributed by atoms with Gasteiger partial charge in [0.25, 0.3) is 5.91 Å². The maximum absolute atomic E-state index is 12.6. The molecule has 0 fully saturated rings. The van der Waals surface area contributed by atoms with Crippen molar-refractivity contribution in [3.63, 3.8) is 0 Å². The first kappa shape index (κ1) is 19.3. The van der Waals surface area contributed by atoms with Gasteiger partial charge in [-0.3, -0.25) is 4.79 Å². The Morgan fingerprint density at radius 1 is 0.833 bits per heavy atom. The average molecular weight is 395 g/mol. The fraction of sp³-hybridized carbons (Fsp3) is 0.0800. The Hall–Kier alpha value is -3.99. The molecule has 30 heavy (non-hydrogen) atoms. The van der Waals surface area contributed by atoms with E-state index in [2.05, 4.69) is 22.4 Å². The fourth-order valence-electron chi connectivity index (χ4n) is 3.15. The zero-order chi connectivity index (χ0) is 20.8. The summed E-state index contributed by atoms with van der Waals surface area (Å²) in [5.41, 5.74) is 4.01. The van der Waals surface area contributed by atoms with Gasteiger partial charge in [-0.15, -0.1) is 0 Å². The molecule has 5 nitrogen and oxygen atoms in total. The molecule has 0 radical (unpaired) electrons. The molecule has 148 valence electrons. The molecule has 1 aromatic heterocycles. The molecule has 2 N–H and O–H groups in total. The van der Waals surface area contributed by atoms with Gasteiger partial charge in [0.1, 0.15) is 5.75 Å². The number of hydrogen-bond acceptors (Lipinski definition) is 4. The highest BCUT2D eigenvalue weighted by atomic mass is 16.3. The molecule has 0 saturated carbocycles. The number of nitrogens with one attached hydrogen (secondary N) is 1. The number of aromatic nitrogens is 2. The summed E-state index contributed by atoms with van der Waals surface area (Å²) in [4.78, 5) is 21.9. The molecule has 0 atom stereocenters. The molecule has 1 amide bonds. The quantitative estimate of drug-likeness (QED) is 0.488. The molecule has 0 bridgehead atoms. The van der Waals surface area contributed by atoms with E-state index >= 15 is 0 Å². The minimum absolute atomic E-state index is 0.197. The smallest absolute Gasteiger partial charge is 0.256 e. The second kappa shape index (κ2) is 9.01. The van der Waals surface area contributed by atoms with Gasteiger partial charge >= 0.3 is 0 Å². The van der Waals surface area contributed by atoms with Gasteiger partial charge in [-0.1, -0.05) is 48.5 Å². The number of nitrogens with zero attached hydrogens (tertiary/aromatic N) is 2. The Labute approximate surface area is 175 Å². The zero-order valence-electron chi connectivity index (χ0n) is 16.3. The van der Waals surface area contributed by atoms with Crippen LogP contribution in [-0.4, -0.2) is 21.0 Å². The summed E-state index contributed by atoms with van der Waals surface area (Å²) in [6.45, 7) is 0. The van der Waals surface area contributed by atoms with E-state index in [-0.39, 0.29) is 11.7 Å². The molecule has 0 aliphatic rings. The first-order chi connectivity index (χ1) is 14.7. The van der Waals surface area contributed by atoms with Crippen LogP contribution in [0.1, 0.15) is 21.6 Å². The lowest BCUT2D eigenvalue weighted by Gasteiger charge is -2.12. The van der Waals surface area contributed by atoms with Gasteiger partial charge in [0.15, 0.2) is 5.82 Å². The van der Waals surface area contributed by atoms with Crippen LogP contribution in [0.5, 0.6) is 5.75 Å². The molecular weight excluding hydrogens is 374 g/mol. The van der Waals surface area contributed by atoms with Crippen LogP contribution >= 0.6 is 0 Å². The van der Waals surface area contributed by atoms with E-state index in [0.717, 1.165) is 12.0 Å². The highest BCUT2D eigenvalue weighted by Crippen LogP contribution is 2.23. The van der Waals surface area contributed by atoms with Gasteiger partial charge in [0.05, 0.1) is 17.6 Å². The SMILES string of the molecule is O=C(Nc1ncc(-c2ccc(O)cc2)nc1CCc1ccccc1)c1ccccc1. The van der Waals surface area contributed by atoms with Crippen molar-refractivity contribution in [2.45, 2.75) is 12.8 Å². The van der Waals surface area contributed by atoms with Crippen molar-refractivity contribution in [1.29, 1.82) is 0 Å². The summed E-state index contributed by atoms with van der Waals surface area (Å²) in [5, 5.41) is 12.4. The monoisotopic (exact) mass is 395 g/mol. The van der Waals surface area contributed by atoms with Crippen molar-refractivity contribution >= 4 is 11.7 Å². The van der Waals surface area contributed by atoms with Crippen LogP contribution in [0.15, 0.2) is 91.1 Å². The number of amides is 1. The molecular formula is C25H21N3O2. The van der Waals surface area contributed by atoms with Gasteiger partial charge in [-0.05, 0) is 54.8 Å². The number of carbonyl (C=O) groups excluding carboxylic acids is 1. The second-order valence-corrected chi connectivity index (χ2v) is 6.90. The van der Waals surface area contributed by atoms with Gasteiger partial charge in [-0.25, -0.2) is 9.97 Å². The van der Waals surface area contributed by atoms with E-state index in [0.29, 0.717) is 29.2 Å². The molecule has 1 heterocycles. The molecule has 0 aliphatic heterocycles. The number of benzene rings is 3. The molecule has 5 heteroatoms. The Kier molecular flexibility index (Phi) is 5.80. The van der Waals surface area contributed by atoms with Crippen LogP contribution in [0.2, 0.25) is 0 Å².